The van der Waals surface area contributed by atoms with E-state index in [-0.39, 0.29) is 12.0 Å². The minimum Gasteiger partial charge on any atom is -0.447 e. The van der Waals surface area contributed by atoms with Crippen LogP contribution >= 0.6 is 0 Å². The third-order valence-corrected chi connectivity index (χ3v) is 6.09. The zero-order chi connectivity index (χ0) is 20.8. The first kappa shape index (κ1) is 22.2. The highest BCUT2D eigenvalue weighted by molar-refractivity contribution is 5.92. The van der Waals surface area contributed by atoms with E-state index in [1.54, 1.807) is 0 Å². The first-order chi connectivity index (χ1) is 13.9. The molecule has 3 rings (SSSR count). The van der Waals surface area contributed by atoms with Crippen LogP contribution in [0.5, 0.6) is 0 Å². The molecule has 8 heteroatoms. The highest BCUT2D eigenvalue weighted by atomic mass is 16.3. The molecular weight excluding hydrogens is 370 g/mol. The van der Waals surface area contributed by atoms with Crippen molar-refractivity contribution in [3.05, 3.63) is 17.8 Å². The third-order valence-electron chi connectivity index (χ3n) is 6.09. The summed E-state index contributed by atoms with van der Waals surface area (Å²) in [6, 6.07) is 0.439. The number of likely N-dealkylation sites (tertiary alicyclic amines) is 1. The number of aliphatic hydroxyl groups is 1. The first-order valence-corrected chi connectivity index (χ1v) is 11.0. The summed E-state index contributed by atoms with van der Waals surface area (Å²) in [6.45, 7) is 11.6. The fraction of sp³-hybridized carbons (Fsp3) is 0.810. The number of piperazine rings is 1. The SMILES string of the molecule is CC(C)N(C)CC(O)CN1CCN(Cc2nc(C(=O)N3CCCCC3)co2)CC1. The molecule has 2 saturated heterocycles. The van der Waals surface area contributed by atoms with E-state index in [0.717, 1.165) is 52.1 Å². The number of hydrogen-bond acceptors (Lipinski definition) is 7. The lowest BCUT2D eigenvalue weighted by Crippen LogP contribution is -2.49. The molecule has 164 valence electrons. The molecule has 0 bridgehead atoms. The summed E-state index contributed by atoms with van der Waals surface area (Å²) in [7, 11) is 2.05. The van der Waals surface area contributed by atoms with Gasteiger partial charge in [-0.05, 0) is 40.2 Å². The second-order valence-electron chi connectivity index (χ2n) is 8.74. The fourth-order valence-corrected chi connectivity index (χ4v) is 3.96. The zero-order valence-corrected chi connectivity index (χ0v) is 18.2. The van der Waals surface area contributed by atoms with Crippen LogP contribution in [0.4, 0.5) is 0 Å². The molecule has 2 aliphatic rings. The molecule has 2 aliphatic heterocycles. The Morgan fingerprint density at radius 1 is 1.14 bits per heavy atom. The number of aliphatic hydroxyl groups excluding tert-OH is 1. The van der Waals surface area contributed by atoms with Gasteiger partial charge >= 0.3 is 0 Å². The predicted molar refractivity (Wildman–Crippen MR) is 112 cm³/mol. The van der Waals surface area contributed by atoms with Crippen LogP contribution in [0.25, 0.3) is 0 Å². The Bertz CT molecular complexity index is 636. The minimum absolute atomic E-state index is 0.00938. The molecule has 3 heterocycles. The van der Waals surface area contributed by atoms with Crippen molar-refractivity contribution in [2.45, 2.75) is 51.8 Å². The monoisotopic (exact) mass is 407 g/mol. The highest BCUT2D eigenvalue weighted by Gasteiger charge is 2.24. The van der Waals surface area contributed by atoms with Gasteiger partial charge in [-0.15, -0.1) is 0 Å². The molecule has 0 radical (unpaired) electrons. The summed E-state index contributed by atoms with van der Waals surface area (Å²) in [4.78, 5) is 25.6. The van der Waals surface area contributed by atoms with Crippen LogP contribution in [-0.2, 0) is 6.54 Å². The van der Waals surface area contributed by atoms with E-state index in [9.17, 15) is 9.90 Å². The lowest BCUT2D eigenvalue weighted by molar-refractivity contribution is 0.0469. The van der Waals surface area contributed by atoms with Crippen LogP contribution < -0.4 is 0 Å². The number of hydrogen-bond donors (Lipinski definition) is 1. The van der Waals surface area contributed by atoms with Crippen molar-refractivity contribution in [1.82, 2.24) is 24.6 Å². The van der Waals surface area contributed by atoms with Gasteiger partial charge in [0, 0.05) is 58.4 Å². The van der Waals surface area contributed by atoms with E-state index in [0.29, 0.717) is 37.3 Å². The number of aromatic nitrogens is 1. The van der Waals surface area contributed by atoms with Gasteiger partial charge in [0.1, 0.15) is 6.26 Å². The summed E-state index contributed by atoms with van der Waals surface area (Å²) in [5.74, 6) is 0.599. The van der Waals surface area contributed by atoms with Crippen LogP contribution in [0.15, 0.2) is 10.7 Å². The smallest absolute Gasteiger partial charge is 0.275 e. The molecule has 2 fully saturated rings. The number of piperidine rings is 1. The maximum atomic E-state index is 12.5. The van der Waals surface area contributed by atoms with Crippen molar-refractivity contribution >= 4 is 5.91 Å². The van der Waals surface area contributed by atoms with Crippen molar-refractivity contribution in [2.75, 3.05) is 59.4 Å². The second-order valence-corrected chi connectivity index (χ2v) is 8.74. The van der Waals surface area contributed by atoms with Gasteiger partial charge in [0.15, 0.2) is 5.69 Å². The van der Waals surface area contributed by atoms with Gasteiger partial charge in [-0.1, -0.05) is 0 Å². The molecule has 1 amide bonds. The number of likely N-dealkylation sites (N-methyl/N-ethyl adjacent to an activating group) is 1. The number of carbonyl (C=O) groups is 1. The van der Waals surface area contributed by atoms with Gasteiger partial charge in [0.25, 0.3) is 5.91 Å². The molecule has 0 aromatic carbocycles. The molecule has 1 N–H and O–H groups in total. The molecule has 1 aromatic heterocycles. The number of oxazole rings is 1. The van der Waals surface area contributed by atoms with Gasteiger partial charge in [0.05, 0.1) is 12.6 Å². The molecule has 1 unspecified atom stereocenters. The zero-order valence-electron chi connectivity index (χ0n) is 18.2. The maximum absolute atomic E-state index is 12.5. The van der Waals surface area contributed by atoms with Crippen molar-refractivity contribution in [3.63, 3.8) is 0 Å². The average molecular weight is 408 g/mol. The Kier molecular flexibility index (Phi) is 8.06. The Labute approximate surface area is 174 Å². The number of nitrogens with zero attached hydrogens (tertiary/aromatic N) is 5. The van der Waals surface area contributed by atoms with E-state index < -0.39 is 0 Å². The van der Waals surface area contributed by atoms with E-state index in [2.05, 4.69) is 33.5 Å². The number of amides is 1. The summed E-state index contributed by atoms with van der Waals surface area (Å²) in [6.07, 6.45) is 4.52. The molecule has 0 aliphatic carbocycles. The van der Waals surface area contributed by atoms with Gasteiger partial charge in [-0.3, -0.25) is 14.6 Å². The maximum Gasteiger partial charge on any atom is 0.275 e. The minimum atomic E-state index is -0.330. The van der Waals surface area contributed by atoms with Gasteiger partial charge in [0.2, 0.25) is 5.89 Å². The first-order valence-electron chi connectivity index (χ1n) is 11.0. The van der Waals surface area contributed by atoms with Crippen LogP contribution in [-0.4, -0.2) is 107 Å². The standard InChI is InChI=1S/C21H37N5O3/c1-17(2)23(3)13-18(27)14-24-9-11-25(12-10-24)15-20-22-19(16-29-20)21(28)26-7-5-4-6-8-26/h16-18,27H,4-15H2,1-3H3. The van der Waals surface area contributed by atoms with Crippen molar-refractivity contribution < 1.29 is 14.3 Å². The summed E-state index contributed by atoms with van der Waals surface area (Å²) < 4.78 is 5.58. The molecule has 0 saturated carbocycles. The molecule has 1 atom stereocenters. The van der Waals surface area contributed by atoms with Gasteiger partial charge in [-0.25, -0.2) is 4.98 Å². The lowest BCUT2D eigenvalue weighted by atomic mass is 10.1. The molecule has 0 spiro atoms. The van der Waals surface area contributed by atoms with E-state index in [1.165, 1.54) is 12.7 Å². The van der Waals surface area contributed by atoms with Crippen LogP contribution in [0.3, 0.4) is 0 Å². The number of β-amino-alcohol motifs (C(OH)–C–C–N with tert-alkyl or cyclic N) is 1. The predicted octanol–water partition coefficient (Wildman–Crippen LogP) is 1.12. The van der Waals surface area contributed by atoms with Crippen molar-refractivity contribution in [2.24, 2.45) is 0 Å². The molecule has 8 nitrogen and oxygen atoms in total. The lowest BCUT2D eigenvalue weighted by Gasteiger charge is -2.35. The number of carbonyl (C=O) groups excluding carboxylic acids is 1. The van der Waals surface area contributed by atoms with Crippen LogP contribution in [0.1, 0.15) is 49.5 Å². The quantitative estimate of drug-likeness (QED) is 0.692. The summed E-state index contributed by atoms with van der Waals surface area (Å²) in [5, 5.41) is 10.3. The average Bonchev–Trinajstić information content (AvgIpc) is 3.18. The normalized spacial score (nSPS) is 20.6. The third kappa shape index (κ3) is 6.50. The van der Waals surface area contributed by atoms with E-state index >= 15 is 0 Å². The Balaban J connectivity index is 1.40. The highest BCUT2D eigenvalue weighted by Crippen LogP contribution is 2.14. The summed E-state index contributed by atoms with van der Waals surface area (Å²) >= 11 is 0. The van der Waals surface area contributed by atoms with E-state index in [4.69, 9.17) is 4.42 Å². The Morgan fingerprint density at radius 3 is 2.45 bits per heavy atom. The fourth-order valence-electron chi connectivity index (χ4n) is 3.96. The molecule has 1 aromatic rings. The largest absolute Gasteiger partial charge is 0.447 e. The van der Waals surface area contributed by atoms with E-state index in [1.807, 2.05) is 11.9 Å². The summed E-state index contributed by atoms with van der Waals surface area (Å²) in [5.41, 5.74) is 0.429. The molecular formula is C21H37N5O3. The van der Waals surface area contributed by atoms with Crippen molar-refractivity contribution in [3.8, 4) is 0 Å². The van der Waals surface area contributed by atoms with Crippen LogP contribution in [0, 0.1) is 0 Å². The Morgan fingerprint density at radius 2 is 1.79 bits per heavy atom. The van der Waals surface area contributed by atoms with Crippen LogP contribution in [0.2, 0.25) is 0 Å². The van der Waals surface area contributed by atoms with Crippen molar-refractivity contribution in [1.29, 1.82) is 0 Å². The number of rotatable bonds is 8. The molecule has 29 heavy (non-hydrogen) atoms. The Hall–Kier alpha value is -1.48. The second kappa shape index (κ2) is 10.5. The van der Waals surface area contributed by atoms with Gasteiger partial charge < -0.3 is 19.3 Å². The topological polar surface area (TPSA) is 76.3 Å². The van der Waals surface area contributed by atoms with Gasteiger partial charge in [-0.2, -0.15) is 0 Å².